The van der Waals surface area contributed by atoms with Crippen molar-refractivity contribution < 1.29 is 47.9 Å². The second-order valence-corrected chi connectivity index (χ2v) is 4.65. The van der Waals surface area contributed by atoms with Crippen molar-refractivity contribution in [3.63, 3.8) is 0 Å². The van der Waals surface area contributed by atoms with E-state index >= 15 is 0 Å². The van der Waals surface area contributed by atoms with Gasteiger partial charge in [-0.1, -0.05) is 10.1 Å². The van der Waals surface area contributed by atoms with Gasteiger partial charge in [-0.2, -0.15) is 0 Å². The zero-order valence-electron chi connectivity index (χ0n) is 12.4. The van der Waals surface area contributed by atoms with E-state index in [-0.39, 0.29) is 35.8 Å². The molecule has 0 radical (unpaired) electrons. The third kappa shape index (κ3) is 3.97. The van der Waals surface area contributed by atoms with E-state index in [0.717, 1.165) is 6.92 Å². The van der Waals surface area contributed by atoms with Gasteiger partial charge < -0.3 is 9.47 Å². The lowest BCUT2D eigenvalue weighted by Crippen LogP contribution is -2.36. The molecular weight excluding hydrogens is 332 g/mol. The normalized spacial score (nSPS) is 17.6. The van der Waals surface area contributed by atoms with Gasteiger partial charge in [-0.15, -0.1) is 0 Å². The number of imide groups is 2. The number of amides is 4. The van der Waals surface area contributed by atoms with Crippen LogP contribution in [0.1, 0.15) is 32.6 Å². The first kappa shape index (κ1) is 17.2. The number of hydrogen-bond donors (Lipinski definition) is 0. The van der Waals surface area contributed by atoms with Crippen LogP contribution in [-0.4, -0.2) is 52.4 Å². The molecule has 0 saturated carbocycles. The Labute approximate surface area is 134 Å². The third-order valence-corrected chi connectivity index (χ3v) is 2.87. The van der Waals surface area contributed by atoms with Crippen LogP contribution in [0.5, 0.6) is 0 Å². The van der Waals surface area contributed by atoms with E-state index in [2.05, 4.69) is 19.1 Å². The highest BCUT2D eigenvalue weighted by atomic mass is 16.9. The number of ether oxygens (including phenoxy) is 2. The van der Waals surface area contributed by atoms with Gasteiger partial charge >= 0.3 is 12.3 Å². The monoisotopic (exact) mass is 344 g/mol. The summed E-state index contributed by atoms with van der Waals surface area (Å²) in [6, 6.07) is 0. The summed E-state index contributed by atoms with van der Waals surface area (Å²) < 4.78 is 8.96. The predicted octanol–water partition coefficient (Wildman–Crippen LogP) is -0.233. The largest absolute Gasteiger partial charge is 0.537 e. The van der Waals surface area contributed by atoms with Gasteiger partial charge in [0, 0.05) is 32.6 Å². The van der Waals surface area contributed by atoms with E-state index in [4.69, 9.17) is 0 Å². The maximum Gasteiger partial charge on any atom is 0.537 e. The van der Waals surface area contributed by atoms with Gasteiger partial charge in [0.15, 0.2) is 0 Å². The molecule has 0 atom stereocenters. The van der Waals surface area contributed by atoms with E-state index < -0.39 is 42.2 Å². The molecule has 4 amide bonds. The Morgan fingerprint density at radius 2 is 1.04 bits per heavy atom. The number of rotatable bonds is 4. The fraction of sp³-hybridized carbons (Fsp3) is 0.500. The van der Waals surface area contributed by atoms with E-state index in [1.807, 2.05) is 0 Å². The molecule has 2 fully saturated rings. The van der Waals surface area contributed by atoms with Crippen molar-refractivity contribution in [1.29, 1.82) is 0 Å². The summed E-state index contributed by atoms with van der Waals surface area (Å²) in [6.07, 6.45) is -4.85. The van der Waals surface area contributed by atoms with Gasteiger partial charge in [-0.25, -0.2) is 9.59 Å². The smallest absolute Gasteiger partial charge is 0.392 e. The molecule has 0 aromatic rings. The minimum absolute atomic E-state index is 0.0949. The Morgan fingerprint density at radius 1 is 0.750 bits per heavy atom. The molecule has 12 heteroatoms. The summed E-state index contributed by atoms with van der Waals surface area (Å²) in [6.45, 7) is 1.10. The van der Waals surface area contributed by atoms with Gasteiger partial charge in [0.05, 0.1) is 0 Å². The van der Waals surface area contributed by atoms with Gasteiger partial charge in [-0.3, -0.25) is 28.9 Å². The fourth-order valence-electron chi connectivity index (χ4n) is 1.80. The lowest BCUT2D eigenvalue weighted by atomic mass is 10.4. The summed E-state index contributed by atoms with van der Waals surface area (Å²) in [5, 5.41) is 0.490. The van der Waals surface area contributed by atoms with Gasteiger partial charge in [0.2, 0.25) is 0 Å². The van der Waals surface area contributed by atoms with Crippen LogP contribution in [0, 0.1) is 0 Å². The first-order chi connectivity index (χ1) is 11.3. The van der Waals surface area contributed by atoms with Crippen molar-refractivity contribution in [2.75, 3.05) is 0 Å². The van der Waals surface area contributed by atoms with Crippen LogP contribution >= 0.6 is 0 Å². The zero-order valence-corrected chi connectivity index (χ0v) is 12.4. The molecule has 0 N–H and O–H groups in total. The molecule has 0 spiro atoms. The molecule has 24 heavy (non-hydrogen) atoms. The summed E-state index contributed by atoms with van der Waals surface area (Å²) in [5.74, 6) is -2.85. The standard InChI is InChI=1S/C12H12N2O10/c1-6(21-11(19)23-13-7(15)2-3-8(13)16)22-12(20)24-14-9(17)4-5-10(14)18/h6H,2-5H2,1H3. The molecule has 0 bridgehead atoms. The van der Waals surface area contributed by atoms with Gasteiger partial charge in [-0.05, 0) is 0 Å². The van der Waals surface area contributed by atoms with Gasteiger partial charge in [0.25, 0.3) is 29.9 Å². The molecular formula is C12H12N2O10. The minimum Gasteiger partial charge on any atom is -0.392 e. The molecule has 0 aliphatic carbocycles. The van der Waals surface area contributed by atoms with E-state index in [9.17, 15) is 28.8 Å². The van der Waals surface area contributed by atoms with Crippen LogP contribution in [0.3, 0.4) is 0 Å². The summed E-state index contributed by atoms with van der Waals surface area (Å²) in [5.41, 5.74) is 0. The summed E-state index contributed by atoms with van der Waals surface area (Å²) >= 11 is 0. The maximum atomic E-state index is 11.4. The highest BCUT2D eigenvalue weighted by molar-refractivity contribution is 6.02. The average Bonchev–Trinajstić information content (AvgIpc) is 2.97. The van der Waals surface area contributed by atoms with Gasteiger partial charge in [0.1, 0.15) is 0 Å². The van der Waals surface area contributed by atoms with Crippen LogP contribution in [0.4, 0.5) is 9.59 Å². The molecule has 2 rings (SSSR count). The van der Waals surface area contributed by atoms with Crippen LogP contribution in [0.25, 0.3) is 0 Å². The molecule has 2 saturated heterocycles. The SMILES string of the molecule is CC(OC(=O)ON1C(=O)CCC1=O)OC(=O)ON1C(=O)CCC1=O. The Kier molecular flexibility index (Phi) is 4.96. The first-order valence-corrected chi connectivity index (χ1v) is 6.76. The van der Waals surface area contributed by atoms with Crippen LogP contribution < -0.4 is 0 Å². The maximum absolute atomic E-state index is 11.4. The Balaban J connectivity index is 1.76. The zero-order chi connectivity index (χ0) is 17.9. The molecule has 2 aliphatic rings. The summed E-state index contributed by atoms with van der Waals surface area (Å²) in [4.78, 5) is 76.5. The number of hydrogen-bond acceptors (Lipinski definition) is 10. The fourth-order valence-corrected chi connectivity index (χ4v) is 1.80. The average molecular weight is 344 g/mol. The number of carbonyl (C=O) groups excluding carboxylic acids is 6. The van der Waals surface area contributed by atoms with Crippen LogP contribution in [0.15, 0.2) is 0 Å². The Hall–Kier alpha value is -3.18. The second-order valence-electron chi connectivity index (χ2n) is 4.65. The molecule has 12 nitrogen and oxygen atoms in total. The highest BCUT2D eigenvalue weighted by Gasteiger charge is 2.35. The highest BCUT2D eigenvalue weighted by Crippen LogP contribution is 2.14. The molecule has 0 unspecified atom stereocenters. The topological polar surface area (TPSA) is 146 Å². The third-order valence-electron chi connectivity index (χ3n) is 2.87. The van der Waals surface area contributed by atoms with Crippen molar-refractivity contribution in [1.82, 2.24) is 10.1 Å². The van der Waals surface area contributed by atoms with Crippen molar-refractivity contribution in [2.45, 2.75) is 38.9 Å². The lowest BCUT2D eigenvalue weighted by Gasteiger charge is -2.17. The molecule has 2 heterocycles. The molecule has 2 aliphatic heterocycles. The predicted molar refractivity (Wildman–Crippen MR) is 66.8 cm³/mol. The first-order valence-electron chi connectivity index (χ1n) is 6.76. The van der Waals surface area contributed by atoms with Crippen molar-refractivity contribution in [3.8, 4) is 0 Å². The number of carbonyl (C=O) groups is 6. The Bertz CT molecular complexity index is 531. The lowest BCUT2D eigenvalue weighted by molar-refractivity contribution is -0.193. The van der Waals surface area contributed by atoms with Crippen LogP contribution in [0.2, 0.25) is 0 Å². The van der Waals surface area contributed by atoms with E-state index in [1.165, 1.54) is 0 Å². The second kappa shape index (κ2) is 6.93. The van der Waals surface area contributed by atoms with E-state index in [0.29, 0.717) is 0 Å². The molecule has 0 aromatic carbocycles. The van der Waals surface area contributed by atoms with E-state index in [1.54, 1.807) is 0 Å². The Morgan fingerprint density at radius 3 is 1.33 bits per heavy atom. The molecule has 130 valence electrons. The summed E-state index contributed by atoms with van der Waals surface area (Å²) in [7, 11) is 0. The number of nitrogens with zero attached hydrogens (tertiary/aromatic N) is 2. The minimum atomic E-state index is -1.54. The quantitative estimate of drug-likeness (QED) is 0.380. The van der Waals surface area contributed by atoms with Crippen molar-refractivity contribution in [3.05, 3.63) is 0 Å². The van der Waals surface area contributed by atoms with Crippen molar-refractivity contribution >= 4 is 35.9 Å². The van der Waals surface area contributed by atoms with Crippen LogP contribution in [-0.2, 0) is 38.3 Å². The van der Waals surface area contributed by atoms with Crippen molar-refractivity contribution in [2.24, 2.45) is 0 Å². The molecule has 0 aromatic heterocycles. The number of hydroxylamine groups is 4.